The summed E-state index contributed by atoms with van der Waals surface area (Å²) < 4.78 is 15.6. The predicted molar refractivity (Wildman–Crippen MR) is 90.5 cm³/mol. The van der Waals surface area contributed by atoms with Crippen LogP contribution in [0.25, 0.3) is 0 Å². The SMILES string of the molecule is COc1cc2c(cc1OC)[C@H](CC(=O)O)N(C(=O)c1cc(C)on1)CC2. The molecule has 2 aromatic rings. The summed E-state index contributed by atoms with van der Waals surface area (Å²) in [4.78, 5) is 25.8. The van der Waals surface area contributed by atoms with Gasteiger partial charge in [-0.15, -0.1) is 0 Å². The molecular formula is C18H20N2O6. The first-order valence-corrected chi connectivity index (χ1v) is 8.15. The number of aliphatic carboxylic acids is 1. The molecule has 1 N–H and O–H groups in total. The lowest BCUT2D eigenvalue weighted by molar-refractivity contribution is -0.138. The van der Waals surface area contributed by atoms with Gasteiger partial charge in [-0.3, -0.25) is 9.59 Å². The van der Waals surface area contributed by atoms with Crippen LogP contribution in [0.15, 0.2) is 22.7 Å². The summed E-state index contributed by atoms with van der Waals surface area (Å²) in [5, 5.41) is 13.1. The number of rotatable bonds is 5. The van der Waals surface area contributed by atoms with Gasteiger partial charge in [0, 0.05) is 12.6 Å². The highest BCUT2D eigenvalue weighted by molar-refractivity contribution is 5.93. The van der Waals surface area contributed by atoms with Gasteiger partial charge in [0.15, 0.2) is 17.2 Å². The van der Waals surface area contributed by atoms with Crippen LogP contribution in [0.4, 0.5) is 0 Å². The second-order valence-corrected chi connectivity index (χ2v) is 6.09. The van der Waals surface area contributed by atoms with Gasteiger partial charge in [-0.1, -0.05) is 5.16 Å². The maximum atomic E-state index is 12.8. The molecule has 2 heterocycles. The summed E-state index contributed by atoms with van der Waals surface area (Å²) in [7, 11) is 3.06. The van der Waals surface area contributed by atoms with E-state index >= 15 is 0 Å². The summed E-state index contributed by atoms with van der Waals surface area (Å²) in [6.07, 6.45) is 0.361. The van der Waals surface area contributed by atoms with Crippen molar-refractivity contribution >= 4 is 11.9 Å². The van der Waals surface area contributed by atoms with Crippen molar-refractivity contribution in [1.82, 2.24) is 10.1 Å². The van der Waals surface area contributed by atoms with Gasteiger partial charge in [-0.25, -0.2) is 0 Å². The fourth-order valence-electron chi connectivity index (χ4n) is 3.27. The lowest BCUT2D eigenvalue weighted by Gasteiger charge is -2.36. The predicted octanol–water partition coefficient (Wildman–Crippen LogP) is 2.21. The number of carbonyl (C=O) groups excluding carboxylic acids is 1. The van der Waals surface area contributed by atoms with Crippen molar-refractivity contribution < 1.29 is 28.7 Å². The summed E-state index contributed by atoms with van der Waals surface area (Å²) >= 11 is 0. The van der Waals surface area contributed by atoms with Gasteiger partial charge in [0.25, 0.3) is 5.91 Å². The first kappa shape index (κ1) is 17.8. The molecular weight excluding hydrogens is 340 g/mol. The van der Waals surface area contributed by atoms with Gasteiger partial charge < -0.3 is 24.0 Å². The standard InChI is InChI=1S/C18H20N2O6/c1-10-6-13(19-26-10)18(23)20-5-4-11-7-15(24-2)16(25-3)8-12(11)14(20)9-17(21)22/h6-8,14H,4-5,9H2,1-3H3,(H,21,22)/t14-/m0/s1. The van der Waals surface area contributed by atoms with Crippen molar-refractivity contribution in [3.05, 3.63) is 40.8 Å². The van der Waals surface area contributed by atoms with Crippen LogP contribution in [0.5, 0.6) is 11.5 Å². The number of amides is 1. The van der Waals surface area contributed by atoms with Crippen molar-refractivity contribution in [1.29, 1.82) is 0 Å². The van der Waals surface area contributed by atoms with Crippen molar-refractivity contribution in [2.75, 3.05) is 20.8 Å². The van der Waals surface area contributed by atoms with Gasteiger partial charge >= 0.3 is 5.97 Å². The van der Waals surface area contributed by atoms with E-state index in [4.69, 9.17) is 14.0 Å². The van der Waals surface area contributed by atoms with Crippen molar-refractivity contribution in [3.63, 3.8) is 0 Å². The molecule has 0 fully saturated rings. The van der Waals surface area contributed by atoms with Crippen LogP contribution < -0.4 is 9.47 Å². The van der Waals surface area contributed by atoms with Gasteiger partial charge in [0.2, 0.25) is 0 Å². The summed E-state index contributed by atoms with van der Waals surface area (Å²) in [5.74, 6) is 0.243. The van der Waals surface area contributed by atoms with Crippen LogP contribution in [0, 0.1) is 6.92 Å². The molecule has 0 bridgehead atoms. The molecule has 0 unspecified atom stereocenters. The molecule has 0 radical (unpaired) electrons. The fraction of sp³-hybridized carbons (Fsp3) is 0.389. The largest absolute Gasteiger partial charge is 0.493 e. The number of aryl methyl sites for hydroxylation is 1. The number of nitrogens with zero attached hydrogens (tertiary/aromatic N) is 2. The summed E-state index contributed by atoms with van der Waals surface area (Å²) in [6, 6.07) is 4.51. The highest BCUT2D eigenvalue weighted by Gasteiger charge is 2.35. The Morgan fingerprint density at radius 2 is 1.96 bits per heavy atom. The zero-order valence-corrected chi connectivity index (χ0v) is 14.8. The number of hydrogen-bond acceptors (Lipinski definition) is 6. The number of carboxylic acid groups (broad SMARTS) is 1. The molecule has 1 aromatic heterocycles. The molecule has 0 spiro atoms. The van der Waals surface area contributed by atoms with E-state index in [0.29, 0.717) is 30.2 Å². The molecule has 1 aromatic carbocycles. The van der Waals surface area contributed by atoms with E-state index in [9.17, 15) is 14.7 Å². The zero-order valence-electron chi connectivity index (χ0n) is 14.8. The van der Waals surface area contributed by atoms with Crippen molar-refractivity contribution in [2.24, 2.45) is 0 Å². The Morgan fingerprint density at radius 1 is 1.27 bits per heavy atom. The number of ether oxygens (including phenoxy) is 2. The third-order valence-electron chi connectivity index (χ3n) is 4.48. The molecule has 0 saturated carbocycles. The lowest BCUT2D eigenvalue weighted by atomic mass is 9.89. The highest BCUT2D eigenvalue weighted by atomic mass is 16.5. The molecule has 0 aliphatic carbocycles. The Labute approximate surface area is 150 Å². The molecule has 3 rings (SSSR count). The number of carboxylic acids is 1. The Bertz CT molecular complexity index is 844. The molecule has 138 valence electrons. The van der Waals surface area contributed by atoms with Gasteiger partial charge in [0.1, 0.15) is 5.76 Å². The Kier molecular flexibility index (Phi) is 4.83. The molecule has 8 heteroatoms. The van der Waals surface area contributed by atoms with Crippen LogP contribution in [-0.4, -0.2) is 47.8 Å². The van der Waals surface area contributed by atoms with Crippen LogP contribution in [0.3, 0.4) is 0 Å². The van der Waals surface area contributed by atoms with Crippen molar-refractivity contribution in [3.8, 4) is 11.5 Å². The van der Waals surface area contributed by atoms with E-state index in [1.165, 1.54) is 12.0 Å². The quantitative estimate of drug-likeness (QED) is 0.872. The molecule has 0 saturated heterocycles. The van der Waals surface area contributed by atoms with E-state index in [1.54, 1.807) is 26.2 Å². The van der Waals surface area contributed by atoms with Crippen molar-refractivity contribution in [2.45, 2.75) is 25.8 Å². The molecule has 26 heavy (non-hydrogen) atoms. The zero-order chi connectivity index (χ0) is 18.8. The van der Waals surface area contributed by atoms with Gasteiger partial charge in [0.05, 0.1) is 26.7 Å². The number of benzene rings is 1. The lowest BCUT2D eigenvalue weighted by Crippen LogP contribution is -2.41. The number of hydrogen-bond donors (Lipinski definition) is 1. The molecule has 1 atom stereocenters. The first-order chi connectivity index (χ1) is 12.4. The Morgan fingerprint density at radius 3 is 2.54 bits per heavy atom. The normalized spacial score (nSPS) is 16.1. The number of carbonyl (C=O) groups is 2. The van der Waals surface area contributed by atoms with Crippen LogP contribution in [0.2, 0.25) is 0 Å². The summed E-state index contributed by atoms with van der Waals surface area (Å²) in [6.45, 7) is 2.08. The van der Waals surface area contributed by atoms with Crippen LogP contribution in [0.1, 0.15) is 39.8 Å². The van der Waals surface area contributed by atoms with E-state index in [1.807, 2.05) is 6.07 Å². The minimum Gasteiger partial charge on any atom is -0.493 e. The average Bonchev–Trinajstić information content (AvgIpc) is 3.06. The van der Waals surface area contributed by atoms with Gasteiger partial charge in [-0.05, 0) is 36.6 Å². The number of fused-ring (bicyclic) bond motifs is 1. The van der Waals surface area contributed by atoms with Crippen LogP contribution in [-0.2, 0) is 11.2 Å². The maximum Gasteiger partial charge on any atom is 0.305 e. The maximum absolute atomic E-state index is 12.8. The van der Waals surface area contributed by atoms with E-state index < -0.39 is 12.0 Å². The Balaban J connectivity index is 2.03. The average molecular weight is 360 g/mol. The summed E-state index contributed by atoms with van der Waals surface area (Å²) in [5.41, 5.74) is 1.85. The molecule has 1 aliphatic rings. The number of aromatic nitrogens is 1. The number of methoxy groups -OCH3 is 2. The second-order valence-electron chi connectivity index (χ2n) is 6.09. The Hall–Kier alpha value is -3.03. The smallest absolute Gasteiger partial charge is 0.305 e. The van der Waals surface area contributed by atoms with Crippen LogP contribution >= 0.6 is 0 Å². The second kappa shape index (κ2) is 7.07. The molecule has 1 aliphatic heterocycles. The van der Waals surface area contributed by atoms with E-state index in [0.717, 1.165) is 11.1 Å². The topological polar surface area (TPSA) is 102 Å². The van der Waals surface area contributed by atoms with E-state index in [2.05, 4.69) is 5.16 Å². The minimum atomic E-state index is -0.994. The third kappa shape index (κ3) is 3.22. The van der Waals surface area contributed by atoms with Gasteiger partial charge in [-0.2, -0.15) is 0 Å². The molecule has 1 amide bonds. The first-order valence-electron chi connectivity index (χ1n) is 8.15. The highest BCUT2D eigenvalue weighted by Crippen LogP contribution is 2.39. The minimum absolute atomic E-state index is 0.168. The monoisotopic (exact) mass is 360 g/mol. The fourth-order valence-corrected chi connectivity index (χ4v) is 3.27. The van der Waals surface area contributed by atoms with E-state index in [-0.39, 0.29) is 18.0 Å². The molecule has 8 nitrogen and oxygen atoms in total. The third-order valence-corrected chi connectivity index (χ3v) is 4.48.